The van der Waals surface area contributed by atoms with E-state index in [1.807, 2.05) is 0 Å². The van der Waals surface area contributed by atoms with Gasteiger partial charge < -0.3 is 5.32 Å². The number of nitrogens with one attached hydrogen (secondary N) is 1. The first-order valence-electron chi connectivity index (χ1n) is 9.81. The first-order chi connectivity index (χ1) is 12.9. The average molecular weight is 393 g/mol. The van der Waals surface area contributed by atoms with Gasteiger partial charge in [-0.25, -0.2) is 8.42 Å². The van der Waals surface area contributed by atoms with Gasteiger partial charge in [-0.05, 0) is 43.9 Å². The van der Waals surface area contributed by atoms with Crippen LogP contribution in [0.25, 0.3) is 0 Å². The van der Waals surface area contributed by atoms with E-state index >= 15 is 0 Å². The van der Waals surface area contributed by atoms with Crippen molar-refractivity contribution in [3.63, 3.8) is 0 Å². The second-order valence-corrected chi connectivity index (χ2v) is 9.44. The van der Waals surface area contributed by atoms with Gasteiger partial charge in [-0.2, -0.15) is 4.31 Å². The standard InChI is InChI=1S/C20H28N2O4S/c1-3-22(4-2)27(25,26)18-10-6-9-17(13-18)21-20(24)16-11-14-7-5-8-15(12-16)19(14)23/h6,9-10,13-16H,3-5,7-8,11-12H2,1-2H3,(H,21,24)/t14-,15-/m1/s1. The summed E-state index contributed by atoms with van der Waals surface area (Å²) in [4.78, 5) is 25.1. The number of hydrogen-bond donors (Lipinski definition) is 1. The van der Waals surface area contributed by atoms with Gasteiger partial charge in [0.25, 0.3) is 0 Å². The lowest BCUT2D eigenvalue weighted by atomic mass is 9.67. The highest BCUT2D eigenvalue weighted by molar-refractivity contribution is 7.89. The van der Waals surface area contributed by atoms with Crippen molar-refractivity contribution >= 4 is 27.4 Å². The maximum Gasteiger partial charge on any atom is 0.243 e. The van der Waals surface area contributed by atoms with Crippen LogP contribution in [-0.2, 0) is 19.6 Å². The van der Waals surface area contributed by atoms with E-state index in [0.717, 1.165) is 19.3 Å². The lowest BCUT2D eigenvalue weighted by Gasteiger charge is -2.36. The third-order valence-electron chi connectivity index (χ3n) is 5.86. The Morgan fingerprint density at radius 2 is 1.78 bits per heavy atom. The highest BCUT2D eigenvalue weighted by Gasteiger charge is 2.41. The van der Waals surface area contributed by atoms with Crippen LogP contribution in [0, 0.1) is 17.8 Å². The molecule has 2 fully saturated rings. The molecular weight excluding hydrogens is 364 g/mol. The fraction of sp³-hybridized carbons (Fsp3) is 0.600. The fourth-order valence-corrected chi connectivity index (χ4v) is 5.89. The molecule has 27 heavy (non-hydrogen) atoms. The molecule has 1 amide bonds. The Labute approximate surface area is 161 Å². The molecule has 0 unspecified atom stereocenters. The number of sulfonamides is 1. The summed E-state index contributed by atoms with van der Waals surface area (Å²) >= 11 is 0. The Hall–Kier alpha value is -1.73. The Morgan fingerprint density at radius 1 is 1.15 bits per heavy atom. The number of nitrogens with zero attached hydrogens (tertiary/aromatic N) is 1. The predicted molar refractivity (Wildman–Crippen MR) is 104 cm³/mol. The second kappa shape index (κ2) is 8.10. The Kier molecular flexibility index (Phi) is 6.01. The molecule has 2 bridgehead atoms. The number of carbonyl (C=O) groups is 2. The fourth-order valence-electron chi connectivity index (χ4n) is 4.38. The van der Waals surface area contributed by atoms with Gasteiger partial charge in [-0.3, -0.25) is 9.59 Å². The molecule has 1 aromatic rings. The molecule has 2 aliphatic carbocycles. The van der Waals surface area contributed by atoms with Crippen LogP contribution in [-0.4, -0.2) is 37.5 Å². The Morgan fingerprint density at radius 3 is 2.37 bits per heavy atom. The normalized spacial score (nSPS) is 25.4. The van der Waals surface area contributed by atoms with Crippen molar-refractivity contribution in [3.05, 3.63) is 24.3 Å². The molecular formula is C20H28N2O4S. The summed E-state index contributed by atoms with van der Waals surface area (Å²) in [6, 6.07) is 6.41. The van der Waals surface area contributed by atoms with Crippen molar-refractivity contribution in [2.75, 3.05) is 18.4 Å². The van der Waals surface area contributed by atoms with Gasteiger partial charge in [0.1, 0.15) is 5.78 Å². The maximum atomic E-state index is 12.7. The van der Waals surface area contributed by atoms with E-state index in [1.54, 1.807) is 32.0 Å². The van der Waals surface area contributed by atoms with Crippen LogP contribution < -0.4 is 5.32 Å². The molecule has 148 valence electrons. The molecule has 0 heterocycles. The van der Waals surface area contributed by atoms with Gasteiger partial charge in [0.15, 0.2) is 0 Å². The Bertz CT molecular complexity index is 801. The number of rotatable bonds is 6. The highest BCUT2D eigenvalue weighted by atomic mass is 32.2. The van der Waals surface area contributed by atoms with Crippen LogP contribution in [0.5, 0.6) is 0 Å². The molecule has 0 aromatic heterocycles. The first kappa shape index (κ1) is 20.0. The zero-order valence-electron chi connectivity index (χ0n) is 16.0. The third-order valence-corrected chi connectivity index (χ3v) is 7.91. The summed E-state index contributed by atoms with van der Waals surface area (Å²) in [5.74, 6) is 0.0701. The zero-order valence-corrected chi connectivity index (χ0v) is 16.8. The molecule has 2 saturated carbocycles. The minimum atomic E-state index is -3.57. The first-order valence-corrected chi connectivity index (χ1v) is 11.3. The number of benzene rings is 1. The quantitative estimate of drug-likeness (QED) is 0.806. The summed E-state index contributed by atoms with van der Waals surface area (Å²) in [6.07, 6.45) is 4.06. The van der Waals surface area contributed by atoms with Crippen LogP contribution >= 0.6 is 0 Å². The molecule has 6 nitrogen and oxygen atoms in total. The maximum absolute atomic E-state index is 12.7. The number of ketones is 1. The minimum absolute atomic E-state index is 0.0163. The van der Waals surface area contributed by atoms with Gasteiger partial charge >= 0.3 is 0 Å². The van der Waals surface area contributed by atoms with Crippen LogP contribution in [0.4, 0.5) is 5.69 Å². The monoisotopic (exact) mass is 392 g/mol. The van der Waals surface area contributed by atoms with Crippen LogP contribution in [0.1, 0.15) is 46.0 Å². The SMILES string of the molecule is CCN(CC)S(=O)(=O)c1cccc(NC(=O)C2C[C@H]3CCC[C@H](C2)C3=O)c1. The molecule has 2 atom stereocenters. The number of carbonyl (C=O) groups excluding carboxylic acids is 2. The summed E-state index contributed by atoms with van der Waals surface area (Å²) in [5, 5.41) is 2.87. The van der Waals surface area contributed by atoms with Gasteiger partial charge in [-0.1, -0.05) is 26.3 Å². The minimum Gasteiger partial charge on any atom is -0.326 e. The van der Waals surface area contributed by atoms with Crippen LogP contribution in [0.15, 0.2) is 29.2 Å². The number of fused-ring (bicyclic) bond motifs is 2. The van der Waals surface area contributed by atoms with Gasteiger partial charge in [-0.15, -0.1) is 0 Å². The van der Waals surface area contributed by atoms with Gasteiger partial charge in [0.05, 0.1) is 4.90 Å². The molecule has 0 saturated heterocycles. The number of hydrogen-bond acceptors (Lipinski definition) is 4. The van der Waals surface area contributed by atoms with E-state index in [9.17, 15) is 18.0 Å². The van der Waals surface area contributed by atoms with Crippen molar-refractivity contribution in [1.29, 1.82) is 0 Å². The molecule has 2 aliphatic rings. The molecule has 1 N–H and O–H groups in total. The predicted octanol–water partition coefficient (Wildman–Crippen LogP) is 3.05. The van der Waals surface area contributed by atoms with E-state index in [2.05, 4.69) is 5.32 Å². The topological polar surface area (TPSA) is 83.6 Å². The van der Waals surface area contributed by atoms with E-state index in [0.29, 0.717) is 37.4 Å². The van der Waals surface area contributed by atoms with Crippen molar-refractivity contribution < 1.29 is 18.0 Å². The lowest BCUT2D eigenvalue weighted by molar-refractivity contribution is -0.136. The van der Waals surface area contributed by atoms with E-state index in [1.165, 1.54) is 10.4 Å². The largest absolute Gasteiger partial charge is 0.326 e. The third kappa shape index (κ3) is 4.09. The van der Waals surface area contributed by atoms with Crippen LogP contribution in [0.3, 0.4) is 0 Å². The zero-order chi connectivity index (χ0) is 19.6. The molecule has 1 aromatic carbocycles. The summed E-state index contributed by atoms with van der Waals surface area (Å²) in [6.45, 7) is 4.39. The van der Waals surface area contributed by atoms with E-state index < -0.39 is 10.0 Å². The number of Topliss-reactive ketones (excluding diaryl/α,β-unsaturated/α-hetero) is 1. The molecule has 0 aliphatic heterocycles. The second-order valence-electron chi connectivity index (χ2n) is 7.50. The van der Waals surface area contributed by atoms with E-state index in [4.69, 9.17) is 0 Å². The van der Waals surface area contributed by atoms with Crippen molar-refractivity contribution in [2.24, 2.45) is 17.8 Å². The number of amides is 1. The summed E-state index contributed by atoms with van der Waals surface area (Å²) < 4.78 is 26.7. The Balaban J connectivity index is 1.73. The summed E-state index contributed by atoms with van der Waals surface area (Å²) in [5.41, 5.74) is 0.482. The van der Waals surface area contributed by atoms with Crippen LogP contribution in [0.2, 0.25) is 0 Å². The van der Waals surface area contributed by atoms with E-state index in [-0.39, 0.29) is 28.6 Å². The number of anilines is 1. The van der Waals surface area contributed by atoms with Crippen molar-refractivity contribution in [3.8, 4) is 0 Å². The van der Waals surface area contributed by atoms with Gasteiger partial charge in [0.2, 0.25) is 15.9 Å². The van der Waals surface area contributed by atoms with Crippen molar-refractivity contribution in [1.82, 2.24) is 4.31 Å². The van der Waals surface area contributed by atoms with Gasteiger partial charge in [0, 0.05) is 36.5 Å². The molecule has 0 radical (unpaired) electrons. The average Bonchev–Trinajstić information content (AvgIpc) is 2.62. The highest BCUT2D eigenvalue weighted by Crippen LogP contribution is 2.40. The smallest absolute Gasteiger partial charge is 0.243 e. The molecule has 7 heteroatoms. The molecule has 3 rings (SSSR count). The van der Waals surface area contributed by atoms with Crippen molar-refractivity contribution in [2.45, 2.75) is 50.8 Å². The molecule has 0 spiro atoms. The summed E-state index contributed by atoms with van der Waals surface area (Å²) in [7, 11) is -3.57. The lowest BCUT2D eigenvalue weighted by Crippen LogP contribution is -2.40.